The van der Waals surface area contributed by atoms with Gasteiger partial charge >= 0.3 is 0 Å². The maximum atomic E-state index is 13.3. The van der Waals surface area contributed by atoms with Crippen LogP contribution in [-0.4, -0.2) is 56.9 Å². The Kier molecular flexibility index (Phi) is 9.12. The smallest absolute Gasteiger partial charge is 0.252 e. The van der Waals surface area contributed by atoms with Crippen molar-refractivity contribution in [2.75, 3.05) is 24.6 Å². The Morgan fingerprint density at radius 2 is 1.86 bits per heavy atom. The average Bonchev–Trinajstić information content (AvgIpc) is 3.52. The summed E-state index contributed by atoms with van der Waals surface area (Å²) in [7, 11) is 0. The average molecular weight is 527 g/mol. The van der Waals surface area contributed by atoms with Crippen LogP contribution in [0.15, 0.2) is 35.7 Å². The highest BCUT2D eigenvalue weighted by molar-refractivity contribution is 7.99. The summed E-state index contributed by atoms with van der Waals surface area (Å²) in [5, 5.41) is 5.16. The zero-order chi connectivity index (χ0) is 25.7. The number of hydrogen-bond donors (Lipinski definition) is 1. The zero-order valence-electron chi connectivity index (χ0n) is 21.8. The Morgan fingerprint density at radius 1 is 1.11 bits per heavy atom. The molecule has 1 N–H and O–H groups in total. The molecule has 36 heavy (non-hydrogen) atoms. The van der Waals surface area contributed by atoms with Gasteiger partial charge in [-0.05, 0) is 54.8 Å². The van der Waals surface area contributed by atoms with Crippen LogP contribution in [0.5, 0.6) is 0 Å². The third-order valence-electron chi connectivity index (χ3n) is 6.88. The van der Waals surface area contributed by atoms with Crippen LogP contribution in [0.2, 0.25) is 0 Å². The van der Waals surface area contributed by atoms with Crippen LogP contribution in [0.4, 0.5) is 0 Å². The number of fused-ring (bicyclic) bond motifs is 1. The number of rotatable bonds is 10. The van der Waals surface area contributed by atoms with Gasteiger partial charge in [0, 0.05) is 47.5 Å². The van der Waals surface area contributed by atoms with Gasteiger partial charge in [-0.15, -0.1) is 11.3 Å². The van der Waals surface area contributed by atoms with Crippen molar-refractivity contribution in [1.29, 1.82) is 0 Å². The topological polar surface area (TPSA) is 67.2 Å². The second kappa shape index (κ2) is 12.3. The van der Waals surface area contributed by atoms with Crippen LogP contribution in [0, 0.1) is 5.92 Å². The number of carbonyl (C=O) groups excluding carboxylic acids is 2. The second-order valence-electron chi connectivity index (χ2n) is 9.92. The summed E-state index contributed by atoms with van der Waals surface area (Å²) in [5.74, 6) is 3.08. The molecule has 3 aromatic rings. The van der Waals surface area contributed by atoms with Crippen molar-refractivity contribution >= 4 is 45.9 Å². The lowest BCUT2D eigenvalue weighted by Crippen LogP contribution is -2.51. The third kappa shape index (κ3) is 6.14. The van der Waals surface area contributed by atoms with Gasteiger partial charge in [0.05, 0.1) is 11.0 Å². The van der Waals surface area contributed by atoms with Crippen LogP contribution in [0.3, 0.4) is 0 Å². The summed E-state index contributed by atoms with van der Waals surface area (Å²) in [6.45, 7) is 10.1. The largest absolute Gasteiger partial charge is 0.340 e. The molecule has 0 radical (unpaired) electrons. The highest BCUT2D eigenvalue weighted by atomic mass is 32.2. The highest BCUT2D eigenvalue weighted by Crippen LogP contribution is 2.28. The molecule has 8 heteroatoms. The number of aromatic nitrogens is 2. The molecule has 1 atom stereocenters. The minimum absolute atomic E-state index is 0.0367. The van der Waals surface area contributed by atoms with Crippen LogP contribution >= 0.6 is 23.1 Å². The van der Waals surface area contributed by atoms with Gasteiger partial charge in [0.1, 0.15) is 11.9 Å². The predicted molar refractivity (Wildman–Crippen MR) is 151 cm³/mol. The van der Waals surface area contributed by atoms with Crippen LogP contribution < -0.4 is 5.32 Å². The lowest BCUT2D eigenvalue weighted by molar-refractivity contribution is -0.133. The SMILES string of the molecule is CCC(CC)n1c(Cc2cccs2)nc2cc(C(=O)N[C@@H](CC(C)C)C(=O)N3CCSCC3)ccc21. The summed E-state index contributed by atoms with van der Waals surface area (Å²) in [4.78, 5) is 34.8. The fraction of sp³-hybridized carbons (Fsp3) is 0.536. The minimum atomic E-state index is -0.507. The molecule has 194 valence electrons. The molecule has 4 rings (SSSR count). The van der Waals surface area contributed by atoms with E-state index in [0.717, 1.165) is 60.7 Å². The number of nitrogens with one attached hydrogen (secondary N) is 1. The van der Waals surface area contributed by atoms with Crippen molar-refractivity contribution in [3.63, 3.8) is 0 Å². The fourth-order valence-electron chi connectivity index (χ4n) is 4.98. The van der Waals surface area contributed by atoms with Crippen LogP contribution in [0.1, 0.15) is 74.1 Å². The summed E-state index contributed by atoms with van der Waals surface area (Å²) in [6.07, 6.45) is 3.46. The Labute approximate surface area is 222 Å². The molecule has 1 saturated heterocycles. The number of amides is 2. The Bertz CT molecular complexity index is 1160. The number of benzene rings is 1. The first-order valence-corrected chi connectivity index (χ1v) is 15.1. The minimum Gasteiger partial charge on any atom is -0.340 e. The molecule has 0 spiro atoms. The molecule has 6 nitrogen and oxygen atoms in total. The number of imidazole rings is 1. The quantitative estimate of drug-likeness (QED) is 0.364. The van der Waals surface area contributed by atoms with Crippen molar-refractivity contribution in [3.8, 4) is 0 Å². The van der Waals surface area contributed by atoms with E-state index in [1.165, 1.54) is 4.88 Å². The molecule has 1 aliphatic heterocycles. The van der Waals surface area contributed by atoms with Gasteiger partial charge < -0.3 is 14.8 Å². The number of nitrogens with zero attached hydrogens (tertiary/aromatic N) is 3. The lowest BCUT2D eigenvalue weighted by atomic mass is 10.0. The highest BCUT2D eigenvalue weighted by Gasteiger charge is 2.28. The Morgan fingerprint density at radius 3 is 2.50 bits per heavy atom. The first-order valence-electron chi connectivity index (χ1n) is 13.1. The molecule has 1 aromatic carbocycles. The predicted octanol–water partition coefficient (Wildman–Crippen LogP) is 5.77. The maximum Gasteiger partial charge on any atom is 0.252 e. The van der Waals surface area contributed by atoms with E-state index in [1.54, 1.807) is 11.3 Å². The first-order chi connectivity index (χ1) is 17.4. The van der Waals surface area contributed by atoms with Gasteiger partial charge in [-0.2, -0.15) is 11.8 Å². The summed E-state index contributed by atoms with van der Waals surface area (Å²) >= 11 is 3.62. The van der Waals surface area contributed by atoms with E-state index in [2.05, 4.69) is 55.1 Å². The third-order valence-corrected chi connectivity index (χ3v) is 8.70. The Balaban J connectivity index is 1.61. The zero-order valence-corrected chi connectivity index (χ0v) is 23.5. The van der Waals surface area contributed by atoms with E-state index in [4.69, 9.17) is 4.98 Å². The van der Waals surface area contributed by atoms with Crippen molar-refractivity contribution in [2.45, 2.75) is 65.5 Å². The van der Waals surface area contributed by atoms with Gasteiger partial charge in [-0.1, -0.05) is 33.8 Å². The second-order valence-corrected chi connectivity index (χ2v) is 12.2. The van der Waals surface area contributed by atoms with Crippen LogP contribution in [-0.2, 0) is 11.2 Å². The van der Waals surface area contributed by atoms with E-state index < -0.39 is 6.04 Å². The molecular weight excluding hydrogens is 488 g/mol. The van der Waals surface area contributed by atoms with Crippen molar-refractivity contribution in [3.05, 3.63) is 52.0 Å². The fourth-order valence-corrected chi connectivity index (χ4v) is 6.59. The lowest BCUT2D eigenvalue weighted by Gasteiger charge is -2.31. The maximum absolute atomic E-state index is 13.3. The molecule has 0 bridgehead atoms. The van der Waals surface area contributed by atoms with Gasteiger partial charge in [0.15, 0.2) is 0 Å². The number of thiophene rings is 1. The van der Waals surface area contributed by atoms with E-state index in [9.17, 15) is 9.59 Å². The molecule has 2 aromatic heterocycles. The van der Waals surface area contributed by atoms with E-state index >= 15 is 0 Å². The monoisotopic (exact) mass is 526 g/mol. The van der Waals surface area contributed by atoms with Crippen LogP contribution in [0.25, 0.3) is 11.0 Å². The van der Waals surface area contributed by atoms with Gasteiger partial charge in [-0.25, -0.2) is 4.98 Å². The number of thioether (sulfide) groups is 1. The summed E-state index contributed by atoms with van der Waals surface area (Å²) in [6, 6.07) is 9.86. The van der Waals surface area contributed by atoms with Crippen molar-refractivity contribution in [2.24, 2.45) is 5.92 Å². The number of hydrogen-bond acceptors (Lipinski definition) is 5. The molecular formula is C28H38N4O2S2. The summed E-state index contributed by atoms with van der Waals surface area (Å²) < 4.78 is 2.36. The van der Waals surface area contributed by atoms with Gasteiger partial charge in [-0.3, -0.25) is 9.59 Å². The molecule has 0 aliphatic carbocycles. The Hall–Kier alpha value is -2.32. The molecule has 2 amide bonds. The number of carbonyl (C=O) groups is 2. The normalized spacial score (nSPS) is 15.1. The summed E-state index contributed by atoms with van der Waals surface area (Å²) in [5.41, 5.74) is 2.45. The molecule has 0 saturated carbocycles. The van der Waals surface area contributed by atoms with E-state index in [-0.39, 0.29) is 11.8 Å². The van der Waals surface area contributed by atoms with Gasteiger partial charge in [0.25, 0.3) is 5.91 Å². The molecule has 0 unspecified atom stereocenters. The van der Waals surface area contributed by atoms with Crippen molar-refractivity contribution < 1.29 is 9.59 Å². The van der Waals surface area contributed by atoms with E-state index in [0.29, 0.717) is 23.9 Å². The van der Waals surface area contributed by atoms with Gasteiger partial charge in [0.2, 0.25) is 5.91 Å². The van der Waals surface area contributed by atoms with E-state index in [1.807, 2.05) is 34.9 Å². The molecule has 1 fully saturated rings. The standard InChI is InChI=1S/C28H38N4O2S2/c1-5-21(6-2)32-25-10-9-20(17-23(25)29-26(32)18-22-8-7-13-36-22)27(33)30-24(16-19(3)4)28(34)31-11-14-35-15-12-31/h7-10,13,17,19,21,24H,5-6,11-12,14-16,18H2,1-4H3,(H,30,33)/t24-/m0/s1. The molecule has 1 aliphatic rings. The first kappa shape index (κ1) is 26.7. The van der Waals surface area contributed by atoms with Crippen molar-refractivity contribution in [1.82, 2.24) is 19.8 Å². The molecule has 3 heterocycles.